The van der Waals surface area contributed by atoms with Crippen molar-refractivity contribution in [2.75, 3.05) is 20.3 Å². The maximum absolute atomic E-state index is 12.6. The standard InChI is InChI=1S/C21H30O14/c1-8-21(2,29)20(28)32-7-11-9(4-13(23)33-8)10(17(27)30-3)6-31-18(11)35-19-16(26)15(25)14(24)12(5-22)34-19/h6,8-9,11-12,14-16,18-19,22,24-26,29H,4-5,7H2,1-3H3. The van der Waals surface area contributed by atoms with Gasteiger partial charge in [-0.2, -0.15) is 0 Å². The predicted molar refractivity (Wildman–Crippen MR) is 109 cm³/mol. The first kappa shape index (κ1) is 27.3. The van der Waals surface area contributed by atoms with E-state index >= 15 is 0 Å². The Hall–Kier alpha value is -2.33. The molecule has 2 fully saturated rings. The van der Waals surface area contributed by atoms with Gasteiger partial charge in [-0.1, -0.05) is 0 Å². The molecule has 0 spiro atoms. The van der Waals surface area contributed by atoms with Gasteiger partial charge in [0, 0.05) is 5.92 Å². The Morgan fingerprint density at radius 2 is 1.86 bits per heavy atom. The van der Waals surface area contributed by atoms with Crippen molar-refractivity contribution in [2.45, 2.75) is 69.0 Å². The summed E-state index contributed by atoms with van der Waals surface area (Å²) in [6, 6.07) is 0. The van der Waals surface area contributed by atoms with E-state index in [1.54, 1.807) is 0 Å². The number of hydrogen-bond acceptors (Lipinski definition) is 14. The highest BCUT2D eigenvalue weighted by molar-refractivity contribution is 5.90. The first-order chi connectivity index (χ1) is 16.4. The molecule has 2 saturated heterocycles. The Bertz CT molecular complexity index is 838. The van der Waals surface area contributed by atoms with E-state index in [9.17, 15) is 39.9 Å². The lowest BCUT2D eigenvalue weighted by atomic mass is 9.81. The van der Waals surface area contributed by atoms with Crippen LogP contribution < -0.4 is 0 Å². The van der Waals surface area contributed by atoms with E-state index in [0.29, 0.717) is 0 Å². The molecule has 3 rings (SSSR count). The summed E-state index contributed by atoms with van der Waals surface area (Å²) in [5, 5.41) is 50.2. The van der Waals surface area contributed by atoms with Gasteiger partial charge < -0.3 is 54.0 Å². The van der Waals surface area contributed by atoms with Crippen LogP contribution in [0.1, 0.15) is 20.3 Å². The van der Waals surface area contributed by atoms with Crippen LogP contribution in [0, 0.1) is 11.8 Å². The molecule has 0 aromatic carbocycles. The van der Waals surface area contributed by atoms with Crippen molar-refractivity contribution in [2.24, 2.45) is 11.8 Å². The zero-order valence-electron chi connectivity index (χ0n) is 19.3. The summed E-state index contributed by atoms with van der Waals surface area (Å²) >= 11 is 0. The molecule has 0 aromatic heterocycles. The summed E-state index contributed by atoms with van der Waals surface area (Å²) in [6.07, 6.45) is -10.1. The van der Waals surface area contributed by atoms with Crippen LogP contribution in [0.5, 0.6) is 0 Å². The Labute approximate surface area is 199 Å². The highest BCUT2D eigenvalue weighted by Gasteiger charge is 2.50. The number of cyclic esters (lactones) is 2. The van der Waals surface area contributed by atoms with Gasteiger partial charge in [-0.3, -0.25) is 4.79 Å². The van der Waals surface area contributed by atoms with Gasteiger partial charge in [-0.05, 0) is 13.8 Å². The maximum Gasteiger partial charge on any atom is 0.341 e. The van der Waals surface area contributed by atoms with Gasteiger partial charge in [0.15, 0.2) is 11.9 Å². The molecule has 10 atom stereocenters. The highest BCUT2D eigenvalue weighted by atomic mass is 16.8. The van der Waals surface area contributed by atoms with Gasteiger partial charge in [0.05, 0.1) is 37.9 Å². The summed E-state index contributed by atoms with van der Waals surface area (Å²) in [5.74, 6) is -4.88. The van der Waals surface area contributed by atoms with Crippen molar-refractivity contribution in [3.05, 3.63) is 11.8 Å². The third-order valence-corrected chi connectivity index (χ3v) is 6.44. The number of fused-ring (bicyclic) bond motifs is 1. The van der Waals surface area contributed by atoms with Gasteiger partial charge in [0.2, 0.25) is 6.29 Å². The molecule has 35 heavy (non-hydrogen) atoms. The Morgan fingerprint density at radius 3 is 2.49 bits per heavy atom. The molecule has 5 N–H and O–H groups in total. The number of rotatable bonds is 4. The van der Waals surface area contributed by atoms with Crippen LogP contribution in [0.2, 0.25) is 0 Å². The molecule has 3 aliphatic rings. The maximum atomic E-state index is 12.6. The number of hydrogen-bond donors (Lipinski definition) is 5. The van der Waals surface area contributed by atoms with Gasteiger partial charge >= 0.3 is 17.9 Å². The van der Waals surface area contributed by atoms with E-state index < -0.39 is 98.1 Å². The molecule has 0 aromatic rings. The molecular formula is C21H30O14. The average molecular weight is 506 g/mol. The van der Waals surface area contributed by atoms with Crippen LogP contribution in [0.25, 0.3) is 0 Å². The molecule has 0 bridgehead atoms. The number of carbonyl (C=O) groups excluding carboxylic acids is 3. The second kappa shape index (κ2) is 10.7. The first-order valence-electron chi connectivity index (χ1n) is 10.9. The predicted octanol–water partition coefficient (Wildman–Crippen LogP) is -2.92. The van der Waals surface area contributed by atoms with Crippen LogP contribution in [0.3, 0.4) is 0 Å². The first-order valence-corrected chi connectivity index (χ1v) is 10.9. The Morgan fingerprint density at radius 1 is 1.17 bits per heavy atom. The molecule has 14 nitrogen and oxygen atoms in total. The molecule has 3 heterocycles. The number of methoxy groups -OCH3 is 1. The topological polar surface area (TPSA) is 208 Å². The fraction of sp³-hybridized carbons (Fsp3) is 0.762. The number of esters is 3. The van der Waals surface area contributed by atoms with Crippen LogP contribution in [-0.2, 0) is 42.8 Å². The number of aliphatic hydroxyl groups is 5. The highest BCUT2D eigenvalue weighted by Crippen LogP contribution is 2.38. The molecular weight excluding hydrogens is 476 g/mol. The van der Waals surface area contributed by atoms with Crippen molar-refractivity contribution in [3.63, 3.8) is 0 Å². The van der Waals surface area contributed by atoms with Crippen molar-refractivity contribution in [3.8, 4) is 0 Å². The summed E-state index contributed by atoms with van der Waals surface area (Å²) in [6.45, 7) is 1.22. The van der Waals surface area contributed by atoms with Gasteiger partial charge in [-0.25, -0.2) is 9.59 Å². The lowest BCUT2D eigenvalue weighted by Gasteiger charge is -2.43. The SMILES string of the molecule is COC(=O)C1=COC(OC2OC(CO)C(O)C(O)C2O)C2COC(=O)C(C)(O)C(C)OC(=O)CC12. The third kappa shape index (κ3) is 5.43. The smallest absolute Gasteiger partial charge is 0.341 e. The molecule has 0 amide bonds. The lowest BCUT2D eigenvalue weighted by molar-refractivity contribution is -0.343. The number of carbonyl (C=O) groups is 3. The van der Waals surface area contributed by atoms with E-state index in [-0.39, 0.29) is 5.57 Å². The van der Waals surface area contributed by atoms with Crippen molar-refractivity contribution in [1.29, 1.82) is 0 Å². The second-order valence-electron chi connectivity index (χ2n) is 8.76. The molecule has 0 saturated carbocycles. The molecule has 3 aliphatic heterocycles. The number of ether oxygens (including phenoxy) is 6. The molecule has 198 valence electrons. The summed E-state index contributed by atoms with van der Waals surface area (Å²) in [4.78, 5) is 37.5. The normalized spacial score (nSPS) is 42.5. The van der Waals surface area contributed by atoms with Gasteiger partial charge in [0.25, 0.3) is 0 Å². The molecule has 0 aliphatic carbocycles. The molecule has 0 radical (unpaired) electrons. The largest absolute Gasteiger partial charge is 0.471 e. The Kier molecular flexibility index (Phi) is 8.36. The van der Waals surface area contributed by atoms with Crippen LogP contribution in [-0.4, -0.2) is 112 Å². The van der Waals surface area contributed by atoms with Crippen molar-refractivity contribution in [1.82, 2.24) is 0 Å². The Balaban J connectivity index is 1.93. The van der Waals surface area contributed by atoms with Gasteiger partial charge in [0.1, 0.15) is 37.1 Å². The van der Waals surface area contributed by atoms with E-state index in [1.807, 2.05) is 0 Å². The third-order valence-electron chi connectivity index (χ3n) is 6.44. The van der Waals surface area contributed by atoms with E-state index in [1.165, 1.54) is 6.92 Å². The zero-order chi connectivity index (χ0) is 26.1. The van der Waals surface area contributed by atoms with Gasteiger partial charge in [-0.15, -0.1) is 0 Å². The minimum atomic E-state index is -2.17. The van der Waals surface area contributed by atoms with Crippen LogP contribution in [0.15, 0.2) is 11.8 Å². The second-order valence-corrected chi connectivity index (χ2v) is 8.76. The van der Waals surface area contributed by atoms with Crippen molar-refractivity contribution < 1.29 is 68.3 Å². The average Bonchev–Trinajstić information content (AvgIpc) is 2.82. The quantitative estimate of drug-likeness (QED) is 0.191. The fourth-order valence-corrected chi connectivity index (χ4v) is 3.99. The van der Waals surface area contributed by atoms with E-state index in [2.05, 4.69) is 0 Å². The van der Waals surface area contributed by atoms with Crippen LogP contribution >= 0.6 is 0 Å². The summed E-state index contributed by atoms with van der Waals surface area (Å²) in [7, 11) is 1.12. The minimum absolute atomic E-state index is 0.0841. The monoisotopic (exact) mass is 506 g/mol. The lowest BCUT2D eigenvalue weighted by Crippen LogP contribution is -2.60. The summed E-state index contributed by atoms with van der Waals surface area (Å²) < 4.78 is 31.7. The fourth-order valence-electron chi connectivity index (χ4n) is 3.99. The van der Waals surface area contributed by atoms with Crippen molar-refractivity contribution >= 4 is 17.9 Å². The number of aliphatic hydroxyl groups excluding tert-OH is 4. The summed E-state index contributed by atoms with van der Waals surface area (Å²) in [5.41, 5.74) is -2.26. The molecule has 10 unspecified atom stereocenters. The van der Waals surface area contributed by atoms with Crippen LogP contribution in [0.4, 0.5) is 0 Å². The van der Waals surface area contributed by atoms with E-state index in [4.69, 9.17) is 28.4 Å². The minimum Gasteiger partial charge on any atom is -0.471 e. The zero-order valence-corrected chi connectivity index (χ0v) is 19.3. The molecule has 14 heteroatoms. The van der Waals surface area contributed by atoms with E-state index in [0.717, 1.165) is 20.3 Å².